The molecule has 88 valence electrons. The number of hydrogen-bond acceptors (Lipinski definition) is 3. The number of aliphatic hydroxyl groups is 1. The van der Waals surface area contributed by atoms with E-state index in [0.717, 1.165) is 31.6 Å². The quantitative estimate of drug-likeness (QED) is 0.651. The lowest BCUT2D eigenvalue weighted by atomic mass is 9.92. The molecule has 0 spiro atoms. The molecule has 0 radical (unpaired) electrons. The van der Waals surface area contributed by atoms with Crippen LogP contribution in [0.4, 0.5) is 0 Å². The van der Waals surface area contributed by atoms with Gasteiger partial charge in [0.2, 0.25) is 0 Å². The fourth-order valence-electron chi connectivity index (χ4n) is 2.70. The molecule has 1 saturated carbocycles. The van der Waals surface area contributed by atoms with Crippen molar-refractivity contribution in [3.05, 3.63) is 0 Å². The lowest BCUT2D eigenvalue weighted by Crippen LogP contribution is -2.40. The van der Waals surface area contributed by atoms with E-state index in [1.807, 2.05) is 0 Å². The molecule has 2 rings (SSSR count). The monoisotopic (exact) mass is 212 g/mol. The van der Waals surface area contributed by atoms with Gasteiger partial charge in [-0.05, 0) is 64.1 Å². The Morgan fingerprint density at radius 2 is 1.67 bits per heavy atom. The highest BCUT2D eigenvalue weighted by Crippen LogP contribution is 2.19. The van der Waals surface area contributed by atoms with E-state index in [0.29, 0.717) is 6.04 Å². The van der Waals surface area contributed by atoms with Gasteiger partial charge >= 0.3 is 0 Å². The van der Waals surface area contributed by atoms with Crippen LogP contribution in [-0.4, -0.2) is 36.9 Å². The van der Waals surface area contributed by atoms with E-state index in [1.54, 1.807) is 0 Å². The van der Waals surface area contributed by atoms with Gasteiger partial charge in [-0.15, -0.1) is 0 Å². The Hall–Kier alpha value is -0.120. The molecule has 0 aromatic rings. The van der Waals surface area contributed by atoms with Crippen LogP contribution >= 0.6 is 0 Å². The Morgan fingerprint density at radius 3 is 2.33 bits per heavy atom. The predicted octanol–water partition coefficient (Wildman–Crippen LogP) is 0.879. The molecule has 1 aliphatic carbocycles. The standard InChI is InChI=1S/C12H24N2O/c15-12-3-1-11(2-4-12)14-9-10-5-7-13-8-6-10/h10-15H,1-9H2. The van der Waals surface area contributed by atoms with Gasteiger partial charge in [-0.3, -0.25) is 0 Å². The first-order valence-electron chi connectivity index (χ1n) is 6.47. The van der Waals surface area contributed by atoms with Crippen molar-refractivity contribution in [3.8, 4) is 0 Å². The molecule has 0 atom stereocenters. The molecule has 2 fully saturated rings. The van der Waals surface area contributed by atoms with E-state index < -0.39 is 0 Å². The number of nitrogens with one attached hydrogen (secondary N) is 2. The summed E-state index contributed by atoms with van der Waals surface area (Å²) in [6.45, 7) is 3.56. The van der Waals surface area contributed by atoms with Crippen LogP contribution in [0.5, 0.6) is 0 Å². The fraction of sp³-hybridized carbons (Fsp3) is 1.00. The van der Waals surface area contributed by atoms with Gasteiger partial charge < -0.3 is 15.7 Å². The zero-order valence-corrected chi connectivity index (χ0v) is 9.54. The van der Waals surface area contributed by atoms with Crippen LogP contribution in [0, 0.1) is 5.92 Å². The summed E-state index contributed by atoms with van der Waals surface area (Å²) in [4.78, 5) is 0. The van der Waals surface area contributed by atoms with Crippen LogP contribution in [-0.2, 0) is 0 Å². The van der Waals surface area contributed by atoms with E-state index in [-0.39, 0.29) is 6.10 Å². The Balaban J connectivity index is 1.60. The molecule has 3 N–H and O–H groups in total. The van der Waals surface area contributed by atoms with Crippen LogP contribution < -0.4 is 10.6 Å². The van der Waals surface area contributed by atoms with Gasteiger partial charge in [0.1, 0.15) is 0 Å². The topological polar surface area (TPSA) is 44.3 Å². The number of piperidine rings is 1. The van der Waals surface area contributed by atoms with Crippen molar-refractivity contribution < 1.29 is 5.11 Å². The van der Waals surface area contributed by atoms with Gasteiger partial charge in [-0.1, -0.05) is 0 Å². The van der Waals surface area contributed by atoms with Gasteiger partial charge in [-0.2, -0.15) is 0 Å². The summed E-state index contributed by atoms with van der Waals surface area (Å²) >= 11 is 0. The maximum absolute atomic E-state index is 9.41. The molecule has 0 amide bonds. The second kappa shape index (κ2) is 5.83. The van der Waals surface area contributed by atoms with E-state index in [1.165, 1.54) is 32.5 Å². The summed E-state index contributed by atoms with van der Waals surface area (Å²) in [5.74, 6) is 0.873. The summed E-state index contributed by atoms with van der Waals surface area (Å²) in [5, 5.41) is 16.5. The normalized spacial score (nSPS) is 34.2. The summed E-state index contributed by atoms with van der Waals surface area (Å²) in [7, 11) is 0. The molecular formula is C12H24N2O. The molecule has 15 heavy (non-hydrogen) atoms. The van der Waals surface area contributed by atoms with Crippen molar-refractivity contribution in [1.29, 1.82) is 0 Å². The molecule has 0 unspecified atom stereocenters. The van der Waals surface area contributed by atoms with Crippen LogP contribution in [0.25, 0.3) is 0 Å². The van der Waals surface area contributed by atoms with Gasteiger partial charge in [-0.25, -0.2) is 0 Å². The fourth-order valence-corrected chi connectivity index (χ4v) is 2.70. The molecule has 3 heteroatoms. The molecule has 2 aliphatic rings. The van der Waals surface area contributed by atoms with Crippen molar-refractivity contribution in [2.45, 2.75) is 50.7 Å². The Morgan fingerprint density at radius 1 is 1.00 bits per heavy atom. The highest BCUT2D eigenvalue weighted by molar-refractivity contribution is 4.78. The SMILES string of the molecule is OC1CCC(NCC2CCNCC2)CC1. The lowest BCUT2D eigenvalue weighted by Gasteiger charge is -2.29. The van der Waals surface area contributed by atoms with Crippen LogP contribution in [0.15, 0.2) is 0 Å². The second-order valence-corrected chi connectivity index (χ2v) is 5.11. The van der Waals surface area contributed by atoms with Gasteiger partial charge in [0, 0.05) is 6.04 Å². The third-order valence-electron chi connectivity index (χ3n) is 3.85. The molecule has 1 saturated heterocycles. The molecular weight excluding hydrogens is 188 g/mol. The molecule has 0 bridgehead atoms. The van der Waals surface area contributed by atoms with Gasteiger partial charge in [0.05, 0.1) is 6.10 Å². The lowest BCUT2D eigenvalue weighted by molar-refractivity contribution is 0.115. The third kappa shape index (κ3) is 3.74. The van der Waals surface area contributed by atoms with E-state index in [2.05, 4.69) is 10.6 Å². The Labute approximate surface area is 92.6 Å². The minimum Gasteiger partial charge on any atom is -0.393 e. The number of hydrogen-bond donors (Lipinski definition) is 3. The summed E-state index contributed by atoms with van der Waals surface area (Å²) in [5.41, 5.74) is 0. The molecule has 1 aliphatic heterocycles. The zero-order chi connectivity index (χ0) is 10.5. The summed E-state index contributed by atoms with van der Waals surface area (Å²) in [6.07, 6.45) is 6.92. The van der Waals surface area contributed by atoms with Crippen LogP contribution in [0.3, 0.4) is 0 Å². The van der Waals surface area contributed by atoms with Crippen LogP contribution in [0.2, 0.25) is 0 Å². The first kappa shape index (κ1) is 11.4. The first-order valence-corrected chi connectivity index (χ1v) is 6.47. The highest BCUT2D eigenvalue weighted by atomic mass is 16.3. The summed E-state index contributed by atoms with van der Waals surface area (Å²) in [6, 6.07) is 0.670. The van der Waals surface area contributed by atoms with E-state index in [4.69, 9.17) is 0 Å². The number of rotatable bonds is 3. The smallest absolute Gasteiger partial charge is 0.0541 e. The van der Waals surface area contributed by atoms with Crippen molar-refractivity contribution in [3.63, 3.8) is 0 Å². The van der Waals surface area contributed by atoms with E-state index >= 15 is 0 Å². The van der Waals surface area contributed by atoms with Crippen LogP contribution in [0.1, 0.15) is 38.5 Å². The third-order valence-corrected chi connectivity index (χ3v) is 3.85. The highest BCUT2D eigenvalue weighted by Gasteiger charge is 2.20. The van der Waals surface area contributed by atoms with Gasteiger partial charge in [0.15, 0.2) is 0 Å². The van der Waals surface area contributed by atoms with Gasteiger partial charge in [0.25, 0.3) is 0 Å². The number of aliphatic hydroxyl groups excluding tert-OH is 1. The molecule has 0 aromatic heterocycles. The predicted molar refractivity (Wildman–Crippen MR) is 61.9 cm³/mol. The zero-order valence-electron chi connectivity index (χ0n) is 9.54. The first-order chi connectivity index (χ1) is 7.34. The summed E-state index contributed by atoms with van der Waals surface area (Å²) < 4.78 is 0. The Bertz CT molecular complexity index is 172. The van der Waals surface area contributed by atoms with E-state index in [9.17, 15) is 5.11 Å². The maximum atomic E-state index is 9.41. The second-order valence-electron chi connectivity index (χ2n) is 5.11. The molecule has 0 aromatic carbocycles. The van der Waals surface area contributed by atoms with Crippen molar-refractivity contribution >= 4 is 0 Å². The minimum absolute atomic E-state index is 0.0260. The maximum Gasteiger partial charge on any atom is 0.0541 e. The Kier molecular flexibility index (Phi) is 4.42. The minimum atomic E-state index is -0.0260. The average molecular weight is 212 g/mol. The van der Waals surface area contributed by atoms with Crippen molar-refractivity contribution in [2.24, 2.45) is 5.92 Å². The largest absolute Gasteiger partial charge is 0.393 e. The van der Waals surface area contributed by atoms with Crippen molar-refractivity contribution in [1.82, 2.24) is 10.6 Å². The molecule has 3 nitrogen and oxygen atoms in total. The average Bonchev–Trinajstić information content (AvgIpc) is 2.30. The van der Waals surface area contributed by atoms with Crippen molar-refractivity contribution in [2.75, 3.05) is 19.6 Å². The molecule has 1 heterocycles.